The van der Waals surface area contributed by atoms with E-state index >= 15 is 0 Å². The molecule has 1 unspecified atom stereocenters. The lowest BCUT2D eigenvalue weighted by atomic mass is 9.92. The molecule has 0 saturated heterocycles. The van der Waals surface area contributed by atoms with Crippen LogP contribution in [0, 0.1) is 11.6 Å². The Morgan fingerprint density at radius 3 is 2.60 bits per heavy atom. The number of nitrogens with one attached hydrogen (secondary N) is 1. The van der Waals surface area contributed by atoms with E-state index in [0.29, 0.717) is 6.54 Å². The van der Waals surface area contributed by atoms with Crippen molar-refractivity contribution in [3.63, 3.8) is 0 Å². The molecule has 0 radical (unpaired) electrons. The summed E-state index contributed by atoms with van der Waals surface area (Å²) in [5.74, 6) is -1.49. The summed E-state index contributed by atoms with van der Waals surface area (Å²) < 4.78 is 28.9. The van der Waals surface area contributed by atoms with Crippen molar-refractivity contribution in [3.8, 4) is 0 Å². The van der Waals surface area contributed by atoms with Gasteiger partial charge >= 0.3 is 0 Å². The average Bonchev–Trinajstić information content (AvgIpc) is 3.08. The third kappa shape index (κ3) is 4.26. The molecule has 0 aliphatic rings. The fourth-order valence-corrected chi connectivity index (χ4v) is 2.70. The van der Waals surface area contributed by atoms with Gasteiger partial charge < -0.3 is 10.4 Å². The molecule has 3 rings (SSSR count). The van der Waals surface area contributed by atoms with Crippen LogP contribution in [-0.2, 0) is 18.7 Å². The van der Waals surface area contributed by atoms with Crippen molar-refractivity contribution in [1.29, 1.82) is 0 Å². The normalized spacial score (nSPS) is 13.6. The first kappa shape index (κ1) is 17.2. The molecule has 1 atom stereocenters. The summed E-state index contributed by atoms with van der Waals surface area (Å²) in [6.45, 7) is 0.547. The number of hydrogen-bond acceptors (Lipinski definition) is 4. The van der Waals surface area contributed by atoms with Crippen LogP contribution in [0.4, 0.5) is 8.78 Å². The third-order valence-corrected chi connectivity index (χ3v) is 3.91. The number of nitrogens with zero attached hydrogens (tertiary/aromatic N) is 3. The highest BCUT2D eigenvalue weighted by molar-refractivity contribution is 5.26. The summed E-state index contributed by atoms with van der Waals surface area (Å²) in [6.07, 6.45) is 2.77. The molecule has 2 N–H and O–H groups in total. The number of halogens is 2. The van der Waals surface area contributed by atoms with Crippen LogP contribution >= 0.6 is 0 Å². The zero-order valence-electron chi connectivity index (χ0n) is 13.4. The van der Waals surface area contributed by atoms with E-state index in [-0.39, 0.29) is 18.7 Å². The maximum absolute atomic E-state index is 14.3. The van der Waals surface area contributed by atoms with E-state index in [9.17, 15) is 13.9 Å². The summed E-state index contributed by atoms with van der Waals surface area (Å²) in [6, 6.07) is 12.8. The molecule has 0 aliphatic heterocycles. The Morgan fingerprint density at radius 1 is 1.12 bits per heavy atom. The molecule has 130 valence electrons. The van der Waals surface area contributed by atoms with Gasteiger partial charge in [-0.2, -0.15) is 5.10 Å². The van der Waals surface area contributed by atoms with Crippen molar-refractivity contribution in [2.45, 2.75) is 18.7 Å². The van der Waals surface area contributed by atoms with Gasteiger partial charge in [0.05, 0.1) is 6.54 Å². The maximum Gasteiger partial charge on any atom is 0.137 e. The smallest absolute Gasteiger partial charge is 0.137 e. The summed E-state index contributed by atoms with van der Waals surface area (Å²) in [5, 5.41) is 18.2. The Labute approximate surface area is 144 Å². The molecular weight excluding hydrogens is 326 g/mol. The monoisotopic (exact) mass is 344 g/mol. The molecule has 7 heteroatoms. The second kappa shape index (κ2) is 7.50. The van der Waals surface area contributed by atoms with E-state index in [1.807, 2.05) is 30.3 Å². The SMILES string of the molecule is OC(CNCc1ccccc1)(Cn1cncn1)c1ccc(F)cc1F. The van der Waals surface area contributed by atoms with Crippen molar-refractivity contribution in [2.24, 2.45) is 0 Å². The molecule has 0 fully saturated rings. The largest absolute Gasteiger partial charge is 0.382 e. The molecule has 0 spiro atoms. The van der Waals surface area contributed by atoms with E-state index in [1.165, 1.54) is 23.4 Å². The summed E-state index contributed by atoms with van der Waals surface area (Å²) in [5.41, 5.74) is -0.574. The van der Waals surface area contributed by atoms with Crippen molar-refractivity contribution in [2.75, 3.05) is 6.54 Å². The topological polar surface area (TPSA) is 63.0 Å². The number of rotatable bonds is 7. The first-order valence-electron chi connectivity index (χ1n) is 7.82. The number of benzene rings is 2. The fourth-order valence-electron chi connectivity index (χ4n) is 2.70. The van der Waals surface area contributed by atoms with Gasteiger partial charge in [-0.25, -0.2) is 18.4 Å². The lowest BCUT2D eigenvalue weighted by molar-refractivity contribution is 0.0117. The number of hydrogen-bond donors (Lipinski definition) is 2. The zero-order chi connectivity index (χ0) is 17.7. The van der Waals surface area contributed by atoms with Crippen molar-refractivity contribution in [1.82, 2.24) is 20.1 Å². The maximum atomic E-state index is 14.3. The van der Waals surface area contributed by atoms with Gasteiger partial charge in [0.1, 0.15) is 29.9 Å². The van der Waals surface area contributed by atoms with Crippen LogP contribution in [0.2, 0.25) is 0 Å². The number of aromatic nitrogens is 3. The van der Waals surface area contributed by atoms with Gasteiger partial charge in [-0.15, -0.1) is 0 Å². The van der Waals surface area contributed by atoms with Crippen LogP contribution < -0.4 is 5.32 Å². The highest BCUT2D eigenvalue weighted by Gasteiger charge is 2.33. The van der Waals surface area contributed by atoms with Gasteiger partial charge in [-0.3, -0.25) is 0 Å². The van der Waals surface area contributed by atoms with Gasteiger partial charge in [0.25, 0.3) is 0 Å². The lowest BCUT2D eigenvalue weighted by Gasteiger charge is -2.29. The van der Waals surface area contributed by atoms with Gasteiger partial charge in [0.2, 0.25) is 0 Å². The Morgan fingerprint density at radius 2 is 1.92 bits per heavy atom. The molecule has 5 nitrogen and oxygen atoms in total. The molecule has 3 aromatic rings. The van der Waals surface area contributed by atoms with E-state index < -0.39 is 17.2 Å². The predicted molar refractivity (Wildman–Crippen MR) is 88.4 cm³/mol. The van der Waals surface area contributed by atoms with Crippen molar-refractivity contribution < 1.29 is 13.9 Å². The third-order valence-electron chi connectivity index (χ3n) is 3.91. The standard InChI is InChI=1S/C18H18F2N4O/c19-15-6-7-16(17(20)8-15)18(25,11-24-13-22-12-23-24)10-21-9-14-4-2-1-3-5-14/h1-8,12-13,21,25H,9-11H2. The zero-order valence-corrected chi connectivity index (χ0v) is 13.4. The first-order valence-corrected chi connectivity index (χ1v) is 7.82. The van der Waals surface area contributed by atoms with Gasteiger partial charge in [0, 0.05) is 24.7 Å². The minimum atomic E-state index is -1.61. The second-order valence-corrected chi connectivity index (χ2v) is 5.84. The van der Waals surface area contributed by atoms with E-state index in [1.54, 1.807) is 0 Å². The van der Waals surface area contributed by atoms with Gasteiger partial charge in [-0.05, 0) is 11.6 Å². The van der Waals surface area contributed by atoms with Crippen LogP contribution in [0.5, 0.6) is 0 Å². The molecule has 1 aromatic heterocycles. The highest BCUT2D eigenvalue weighted by Crippen LogP contribution is 2.26. The Hall–Kier alpha value is -2.64. The van der Waals surface area contributed by atoms with Crippen LogP contribution in [0.25, 0.3) is 0 Å². The predicted octanol–water partition coefficient (Wildman–Crippen LogP) is 2.23. The van der Waals surface area contributed by atoms with Crippen LogP contribution in [0.1, 0.15) is 11.1 Å². The van der Waals surface area contributed by atoms with E-state index in [0.717, 1.165) is 17.7 Å². The lowest BCUT2D eigenvalue weighted by Crippen LogP contribution is -2.42. The first-order chi connectivity index (χ1) is 12.1. The molecule has 2 aromatic carbocycles. The average molecular weight is 344 g/mol. The highest BCUT2D eigenvalue weighted by atomic mass is 19.1. The quantitative estimate of drug-likeness (QED) is 0.690. The summed E-state index contributed by atoms with van der Waals surface area (Å²) in [7, 11) is 0. The van der Waals surface area contributed by atoms with Crippen molar-refractivity contribution >= 4 is 0 Å². The molecule has 0 saturated carbocycles. The van der Waals surface area contributed by atoms with Crippen LogP contribution in [0.3, 0.4) is 0 Å². The van der Waals surface area contributed by atoms with Crippen molar-refractivity contribution in [3.05, 3.63) is 83.9 Å². The molecule has 0 aliphatic carbocycles. The minimum absolute atomic E-state index is 0.00459. The summed E-state index contributed by atoms with van der Waals surface area (Å²) in [4.78, 5) is 3.83. The Balaban J connectivity index is 1.81. The Bertz CT molecular complexity index is 811. The van der Waals surface area contributed by atoms with Gasteiger partial charge in [-0.1, -0.05) is 36.4 Å². The molecule has 25 heavy (non-hydrogen) atoms. The van der Waals surface area contributed by atoms with Crippen LogP contribution in [-0.4, -0.2) is 26.4 Å². The fraction of sp³-hybridized carbons (Fsp3) is 0.222. The molecule has 0 bridgehead atoms. The molecule has 0 amide bonds. The van der Waals surface area contributed by atoms with E-state index in [2.05, 4.69) is 15.4 Å². The van der Waals surface area contributed by atoms with E-state index in [4.69, 9.17) is 0 Å². The Kier molecular flexibility index (Phi) is 5.16. The number of aliphatic hydroxyl groups is 1. The molecular formula is C18H18F2N4O. The minimum Gasteiger partial charge on any atom is -0.382 e. The van der Waals surface area contributed by atoms with Gasteiger partial charge in [0.15, 0.2) is 0 Å². The second-order valence-electron chi connectivity index (χ2n) is 5.84. The van der Waals surface area contributed by atoms with Crippen LogP contribution in [0.15, 0.2) is 61.2 Å². The molecule has 1 heterocycles. The summed E-state index contributed by atoms with van der Waals surface area (Å²) >= 11 is 0.